The molecule has 0 N–H and O–H groups in total. The average molecular weight is 139 g/mol. The summed E-state index contributed by atoms with van der Waals surface area (Å²) in [5.74, 6) is 0. The van der Waals surface area contributed by atoms with Crippen molar-refractivity contribution in [1.82, 2.24) is 4.90 Å². The van der Waals surface area contributed by atoms with Crippen molar-refractivity contribution < 1.29 is 0 Å². The number of hydrogen-bond donors (Lipinski definition) is 0. The summed E-state index contributed by atoms with van der Waals surface area (Å²) in [6.07, 6.45) is 7.32. The maximum atomic E-state index is 2.71. The van der Waals surface area contributed by atoms with Gasteiger partial charge in [-0.05, 0) is 39.2 Å². The highest BCUT2D eigenvalue weighted by molar-refractivity contribution is 4.86. The molecule has 10 heavy (non-hydrogen) atoms. The molecule has 0 aromatic heterocycles. The number of hydrogen-bond acceptors (Lipinski definition) is 1. The van der Waals surface area contributed by atoms with Gasteiger partial charge < -0.3 is 0 Å². The Hall–Kier alpha value is -0.0400. The van der Waals surface area contributed by atoms with E-state index in [1.54, 1.807) is 0 Å². The summed E-state index contributed by atoms with van der Waals surface area (Å²) in [6, 6.07) is 1.87. The van der Waals surface area contributed by atoms with Crippen molar-refractivity contribution in [2.45, 2.75) is 51.1 Å². The van der Waals surface area contributed by atoms with E-state index < -0.39 is 0 Å². The Labute approximate surface area is 63.4 Å². The zero-order valence-electron chi connectivity index (χ0n) is 6.84. The molecule has 2 atom stereocenters. The number of nitrogens with zero attached hydrogens (tertiary/aromatic N) is 1. The van der Waals surface area contributed by atoms with Gasteiger partial charge in [0.05, 0.1) is 0 Å². The van der Waals surface area contributed by atoms with Crippen LogP contribution < -0.4 is 0 Å². The van der Waals surface area contributed by atoms with Gasteiger partial charge in [0.25, 0.3) is 0 Å². The first-order valence-corrected chi connectivity index (χ1v) is 4.63. The van der Waals surface area contributed by atoms with E-state index in [2.05, 4.69) is 11.8 Å². The molecule has 0 aromatic carbocycles. The third-order valence-corrected chi connectivity index (χ3v) is 3.15. The first kappa shape index (κ1) is 6.66. The smallest absolute Gasteiger partial charge is 0.00985 e. The van der Waals surface area contributed by atoms with Gasteiger partial charge in [-0.3, -0.25) is 4.90 Å². The van der Waals surface area contributed by atoms with Crippen LogP contribution >= 0.6 is 0 Å². The molecule has 0 radical (unpaired) electrons. The molecular weight excluding hydrogens is 122 g/mol. The monoisotopic (exact) mass is 139 g/mol. The summed E-state index contributed by atoms with van der Waals surface area (Å²) in [6.45, 7) is 3.77. The molecule has 0 spiro atoms. The van der Waals surface area contributed by atoms with E-state index in [1.807, 2.05) is 0 Å². The summed E-state index contributed by atoms with van der Waals surface area (Å²) < 4.78 is 0. The lowest BCUT2D eigenvalue weighted by Crippen LogP contribution is -2.40. The Kier molecular flexibility index (Phi) is 1.69. The van der Waals surface area contributed by atoms with Crippen LogP contribution in [0.5, 0.6) is 0 Å². The maximum Gasteiger partial charge on any atom is 0.00985 e. The Morgan fingerprint density at radius 3 is 2.70 bits per heavy atom. The van der Waals surface area contributed by atoms with Gasteiger partial charge in [-0.1, -0.05) is 6.42 Å². The Balaban J connectivity index is 2.03. The normalized spacial score (nSPS) is 41.7. The molecule has 2 heterocycles. The second-order valence-corrected chi connectivity index (χ2v) is 3.81. The van der Waals surface area contributed by atoms with E-state index in [-0.39, 0.29) is 0 Å². The highest BCUT2D eigenvalue weighted by atomic mass is 15.2. The van der Waals surface area contributed by atoms with Gasteiger partial charge in [0.2, 0.25) is 0 Å². The summed E-state index contributed by atoms with van der Waals surface area (Å²) in [4.78, 5) is 2.71. The van der Waals surface area contributed by atoms with E-state index in [9.17, 15) is 0 Å². The van der Waals surface area contributed by atoms with Crippen LogP contribution in [0, 0.1) is 0 Å². The van der Waals surface area contributed by atoms with Crippen LogP contribution in [0.15, 0.2) is 0 Å². The molecule has 1 heteroatoms. The largest absolute Gasteiger partial charge is 0.298 e. The van der Waals surface area contributed by atoms with Crippen LogP contribution in [0.4, 0.5) is 0 Å². The van der Waals surface area contributed by atoms with Crippen LogP contribution in [0.25, 0.3) is 0 Å². The van der Waals surface area contributed by atoms with Crippen LogP contribution in [0.2, 0.25) is 0 Å². The molecule has 0 aliphatic carbocycles. The highest BCUT2D eigenvalue weighted by Gasteiger charge is 2.30. The minimum Gasteiger partial charge on any atom is -0.298 e. The SMILES string of the molecule is C[C@H]1CCC[C@H]2CCCN21. The topological polar surface area (TPSA) is 3.24 Å². The lowest BCUT2D eigenvalue weighted by Gasteiger charge is -2.35. The summed E-state index contributed by atoms with van der Waals surface area (Å²) >= 11 is 0. The molecule has 58 valence electrons. The Morgan fingerprint density at radius 2 is 1.90 bits per heavy atom. The van der Waals surface area contributed by atoms with E-state index in [0.717, 1.165) is 12.1 Å². The zero-order chi connectivity index (χ0) is 6.97. The summed E-state index contributed by atoms with van der Waals surface area (Å²) in [5, 5.41) is 0. The summed E-state index contributed by atoms with van der Waals surface area (Å²) in [7, 11) is 0. The maximum absolute atomic E-state index is 2.71. The minimum atomic E-state index is 0.890. The van der Waals surface area contributed by atoms with Crippen molar-refractivity contribution >= 4 is 0 Å². The Bertz CT molecular complexity index is 122. The third kappa shape index (κ3) is 0.968. The van der Waals surface area contributed by atoms with Gasteiger partial charge in [0, 0.05) is 12.1 Å². The predicted octanol–water partition coefficient (Wildman–Crippen LogP) is 2.02. The molecule has 2 aliphatic rings. The van der Waals surface area contributed by atoms with Crippen LogP contribution in [0.1, 0.15) is 39.0 Å². The number of piperidine rings is 1. The van der Waals surface area contributed by atoms with Gasteiger partial charge in [0.15, 0.2) is 0 Å². The fourth-order valence-corrected chi connectivity index (χ4v) is 2.56. The molecule has 2 saturated heterocycles. The number of rotatable bonds is 0. The highest BCUT2D eigenvalue weighted by Crippen LogP contribution is 2.30. The van der Waals surface area contributed by atoms with Gasteiger partial charge in [0.1, 0.15) is 0 Å². The van der Waals surface area contributed by atoms with Gasteiger partial charge in [-0.2, -0.15) is 0 Å². The van der Waals surface area contributed by atoms with Crippen LogP contribution in [-0.4, -0.2) is 23.5 Å². The first-order chi connectivity index (χ1) is 4.88. The molecule has 2 aliphatic heterocycles. The Morgan fingerprint density at radius 1 is 1.10 bits per heavy atom. The molecule has 2 fully saturated rings. The van der Waals surface area contributed by atoms with Crippen molar-refractivity contribution in [1.29, 1.82) is 0 Å². The van der Waals surface area contributed by atoms with E-state index in [4.69, 9.17) is 0 Å². The van der Waals surface area contributed by atoms with E-state index >= 15 is 0 Å². The minimum absolute atomic E-state index is 0.890. The average Bonchev–Trinajstić information content (AvgIpc) is 2.36. The molecule has 0 unspecified atom stereocenters. The molecule has 0 amide bonds. The van der Waals surface area contributed by atoms with Gasteiger partial charge in [-0.25, -0.2) is 0 Å². The van der Waals surface area contributed by atoms with Crippen molar-refractivity contribution in [3.05, 3.63) is 0 Å². The lowest BCUT2D eigenvalue weighted by molar-refractivity contribution is 0.135. The molecule has 2 rings (SSSR count). The zero-order valence-corrected chi connectivity index (χ0v) is 6.84. The van der Waals surface area contributed by atoms with Crippen molar-refractivity contribution in [2.24, 2.45) is 0 Å². The molecular formula is C9H17N. The fraction of sp³-hybridized carbons (Fsp3) is 1.00. The van der Waals surface area contributed by atoms with Crippen molar-refractivity contribution in [3.8, 4) is 0 Å². The lowest BCUT2D eigenvalue weighted by atomic mass is 9.98. The molecule has 0 saturated carbocycles. The van der Waals surface area contributed by atoms with Crippen LogP contribution in [0.3, 0.4) is 0 Å². The standard InChI is InChI=1S/C9H17N/c1-8-4-2-5-9-6-3-7-10(8)9/h8-9H,2-7H2,1H3/t8-,9-/m0/s1. The second kappa shape index (κ2) is 2.54. The quantitative estimate of drug-likeness (QED) is 0.496. The molecule has 1 nitrogen and oxygen atoms in total. The first-order valence-electron chi connectivity index (χ1n) is 4.63. The predicted molar refractivity (Wildman–Crippen MR) is 43.0 cm³/mol. The van der Waals surface area contributed by atoms with Gasteiger partial charge >= 0.3 is 0 Å². The van der Waals surface area contributed by atoms with Gasteiger partial charge in [-0.15, -0.1) is 0 Å². The van der Waals surface area contributed by atoms with Crippen molar-refractivity contribution in [2.75, 3.05) is 6.54 Å². The fourth-order valence-electron chi connectivity index (χ4n) is 2.56. The van der Waals surface area contributed by atoms with E-state index in [1.165, 1.54) is 38.6 Å². The summed E-state index contributed by atoms with van der Waals surface area (Å²) in [5.41, 5.74) is 0. The molecule has 0 aromatic rings. The van der Waals surface area contributed by atoms with E-state index in [0.29, 0.717) is 0 Å². The molecule has 0 bridgehead atoms. The number of fused-ring (bicyclic) bond motifs is 1. The second-order valence-electron chi connectivity index (χ2n) is 3.81. The van der Waals surface area contributed by atoms with Crippen LogP contribution in [-0.2, 0) is 0 Å². The third-order valence-electron chi connectivity index (χ3n) is 3.15. The van der Waals surface area contributed by atoms with Crippen molar-refractivity contribution in [3.63, 3.8) is 0 Å².